The molecule has 5 heteroatoms. The van der Waals surface area contributed by atoms with Crippen LogP contribution in [0.4, 0.5) is 5.69 Å². The Kier molecular flexibility index (Phi) is 9.22. The first-order valence-corrected chi connectivity index (χ1v) is 11.6. The number of hydrogen-bond donors (Lipinski definition) is 1. The zero-order valence-electron chi connectivity index (χ0n) is 20.7. The molecule has 1 N–H and O–H groups in total. The maximum absolute atomic E-state index is 13.2. The molecular weight excluding hydrogens is 412 g/mol. The van der Waals surface area contributed by atoms with Crippen LogP contribution in [0.1, 0.15) is 99.7 Å². The Labute approximate surface area is 198 Å². The number of ether oxygens (including phenoxy) is 1. The van der Waals surface area contributed by atoms with Gasteiger partial charge in [0.25, 0.3) is 0 Å². The molecule has 1 unspecified atom stereocenters. The highest BCUT2D eigenvalue weighted by Gasteiger charge is 2.23. The number of amides is 1. The minimum absolute atomic E-state index is 0.0340. The molecule has 0 aliphatic carbocycles. The van der Waals surface area contributed by atoms with E-state index in [0.717, 1.165) is 36.8 Å². The van der Waals surface area contributed by atoms with Crippen molar-refractivity contribution in [2.45, 2.75) is 78.1 Å². The third kappa shape index (κ3) is 7.18. The Morgan fingerprint density at radius 2 is 1.85 bits per heavy atom. The Bertz CT molecular complexity index is 1030. The van der Waals surface area contributed by atoms with Gasteiger partial charge in [-0.15, -0.1) is 0 Å². The van der Waals surface area contributed by atoms with Crippen molar-refractivity contribution in [3.63, 3.8) is 0 Å². The zero-order valence-corrected chi connectivity index (χ0v) is 20.7. The first-order chi connectivity index (χ1) is 15.6. The molecule has 33 heavy (non-hydrogen) atoms. The van der Waals surface area contributed by atoms with Crippen LogP contribution in [0.5, 0.6) is 5.75 Å². The number of methoxy groups -OCH3 is 1. The molecule has 0 saturated heterocycles. The summed E-state index contributed by atoms with van der Waals surface area (Å²) in [4.78, 5) is 25.1. The maximum atomic E-state index is 13.2. The van der Waals surface area contributed by atoms with Gasteiger partial charge < -0.3 is 10.1 Å². The number of nitrogens with one attached hydrogen (secondary N) is 1. The van der Waals surface area contributed by atoms with Crippen LogP contribution in [0, 0.1) is 11.3 Å². The van der Waals surface area contributed by atoms with Crippen molar-refractivity contribution < 1.29 is 14.3 Å². The molecule has 5 nitrogen and oxygen atoms in total. The lowest BCUT2D eigenvalue weighted by molar-refractivity contribution is -0.116. The van der Waals surface area contributed by atoms with Gasteiger partial charge in [-0.2, -0.15) is 5.26 Å². The zero-order chi connectivity index (χ0) is 24.6. The predicted molar refractivity (Wildman–Crippen MR) is 133 cm³/mol. The van der Waals surface area contributed by atoms with E-state index in [0.29, 0.717) is 29.0 Å². The first kappa shape index (κ1) is 26.1. The van der Waals surface area contributed by atoms with E-state index >= 15 is 0 Å². The second kappa shape index (κ2) is 11.7. The molecule has 2 aromatic rings. The summed E-state index contributed by atoms with van der Waals surface area (Å²) in [7, 11) is 1.59. The Morgan fingerprint density at radius 3 is 2.42 bits per heavy atom. The van der Waals surface area contributed by atoms with Gasteiger partial charge in [-0.25, -0.2) is 0 Å². The molecule has 0 fully saturated rings. The predicted octanol–water partition coefficient (Wildman–Crippen LogP) is 6.76. The molecule has 0 bridgehead atoms. The number of unbranched alkanes of at least 4 members (excludes halogenated alkanes) is 2. The molecule has 0 heterocycles. The van der Waals surface area contributed by atoms with Crippen LogP contribution in [0.3, 0.4) is 0 Å². The van der Waals surface area contributed by atoms with Crippen LogP contribution in [-0.4, -0.2) is 18.8 Å². The number of ketones is 1. The summed E-state index contributed by atoms with van der Waals surface area (Å²) >= 11 is 0. The number of hydrogen-bond acceptors (Lipinski definition) is 4. The van der Waals surface area contributed by atoms with Gasteiger partial charge in [-0.1, -0.05) is 65.2 Å². The molecular formula is C28H36N2O3. The number of nitriles is 1. The molecule has 2 rings (SSSR count). The van der Waals surface area contributed by atoms with Gasteiger partial charge >= 0.3 is 0 Å². The van der Waals surface area contributed by atoms with Crippen LogP contribution < -0.4 is 10.1 Å². The summed E-state index contributed by atoms with van der Waals surface area (Å²) in [5, 5.41) is 12.3. The summed E-state index contributed by atoms with van der Waals surface area (Å²) in [6.07, 6.45) is 4.33. The first-order valence-electron chi connectivity index (χ1n) is 11.6. The molecule has 0 aliphatic rings. The second-order valence-corrected chi connectivity index (χ2v) is 9.58. The average Bonchev–Trinajstić information content (AvgIpc) is 2.77. The van der Waals surface area contributed by atoms with Crippen LogP contribution in [-0.2, 0) is 10.2 Å². The van der Waals surface area contributed by atoms with Crippen molar-refractivity contribution in [3.05, 3.63) is 58.7 Å². The van der Waals surface area contributed by atoms with Gasteiger partial charge in [0.1, 0.15) is 5.75 Å². The summed E-state index contributed by atoms with van der Waals surface area (Å²) in [6.45, 7) is 9.93. The van der Waals surface area contributed by atoms with Gasteiger partial charge in [0, 0.05) is 17.7 Å². The average molecular weight is 449 g/mol. The standard InChI is InChI=1S/C28H36N2O3/c1-7-8-9-10-22(23-13-11-20(18-29)15-26(23)33-6)17-27(32)30-25-16-21(19(2)31)12-14-24(25)28(3,4)5/h11-16,22H,7-10,17H2,1-6H3,(H,30,32). The maximum Gasteiger partial charge on any atom is 0.224 e. The highest BCUT2D eigenvalue weighted by Crippen LogP contribution is 2.35. The fourth-order valence-electron chi connectivity index (χ4n) is 4.07. The van der Waals surface area contributed by atoms with Crippen LogP contribution in [0.15, 0.2) is 36.4 Å². The normalized spacial score (nSPS) is 12.0. The molecule has 0 aromatic heterocycles. The van der Waals surface area contributed by atoms with E-state index < -0.39 is 0 Å². The third-order valence-electron chi connectivity index (χ3n) is 5.90. The largest absolute Gasteiger partial charge is 0.496 e. The number of carbonyl (C=O) groups excluding carboxylic acids is 2. The molecule has 2 aromatic carbocycles. The van der Waals surface area contributed by atoms with Crippen molar-refractivity contribution >= 4 is 17.4 Å². The van der Waals surface area contributed by atoms with Crippen molar-refractivity contribution in [2.24, 2.45) is 0 Å². The van der Waals surface area contributed by atoms with Crippen molar-refractivity contribution in [1.29, 1.82) is 5.26 Å². The highest BCUT2D eigenvalue weighted by atomic mass is 16.5. The van der Waals surface area contributed by atoms with E-state index in [9.17, 15) is 14.9 Å². The minimum atomic E-state index is -0.186. The molecule has 0 radical (unpaired) electrons. The van der Waals surface area contributed by atoms with Gasteiger partial charge in [0.05, 0.1) is 18.7 Å². The quantitative estimate of drug-likeness (QED) is 0.322. The Morgan fingerprint density at radius 1 is 1.12 bits per heavy atom. The molecule has 0 aliphatic heterocycles. The summed E-state index contributed by atoms with van der Waals surface area (Å²) in [6, 6.07) is 13.1. The van der Waals surface area contributed by atoms with E-state index in [1.807, 2.05) is 18.2 Å². The summed E-state index contributed by atoms with van der Waals surface area (Å²) in [5.74, 6) is 0.463. The van der Waals surface area contributed by atoms with Crippen LogP contribution in [0.2, 0.25) is 0 Å². The van der Waals surface area contributed by atoms with Crippen LogP contribution >= 0.6 is 0 Å². The number of Topliss-reactive ketones (excluding diaryl/α,β-unsaturated/α-hetero) is 1. The van der Waals surface area contributed by atoms with Gasteiger partial charge in [0.2, 0.25) is 5.91 Å². The second-order valence-electron chi connectivity index (χ2n) is 9.58. The number of anilines is 1. The van der Waals surface area contributed by atoms with E-state index in [2.05, 4.69) is 39.1 Å². The van der Waals surface area contributed by atoms with Crippen molar-refractivity contribution in [3.8, 4) is 11.8 Å². The lowest BCUT2D eigenvalue weighted by Gasteiger charge is -2.25. The fourth-order valence-corrected chi connectivity index (χ4v) is 4.07. The monoisotopic (exact) mass is 448 g/mol. The molecule has 0 saturated carbocycles. The van der Waals surface area contributed by atoms with Gasteiger partial charge in [-0.3, -0.25) is 9.59 Å². The third-order valence-corrected chi connectivity index (χ3v) is 5.90. The van der Waals surface area contributed by atoms with Crippen LogP contribution in [0.25, 0.3) is 0 Å². The number of nitrogens with zero attached hydrogens (tertiary/aromatic N) is 1. The van der Waals surface area contributed by atoms with E-state index in [1.54, 1.807) is 25.3 Å². The fraction of sp³-hybridized carbons (Fsp3) is 0.464. The molecule has 1 atom stereocenters. The lowest BCUT2D eigenvalue weighted by Crippen LogP contribution is -2.21. The van der Waals surface area contributed by atoms with Gasteiger partial charge in [0.15, 0.2) is 5.78 Å². The SMILES string of the molecule is CCCCCC(CC(=O)Nc1cc(C(C)=O)ccc1C(C)(C)C)c1ccc(C#N)cc1OC. The molecule has 1 amide bonds. The van der Waals surface area contributed by atoms with Crippen molar-refractivity contribution in [2.75, 3.05) is 12.4 Å². The summed E-state index contributed by atoms with van der Waals surface area (Å²) in [5.41, 5.74) is 3.53. The molecule has 0 spiro atoms. The van der Waals surface area contributed by atoms with Gasteiger partial charge in [-0.05, 0) is 54.0 Å². The van der Waals surface area contributed by atoms with Crippen molar-refractivity contribution in [1.82, 2.24) is 0 Å². The number of carbonyl (C=O) groups is 2. The molecule has 176 valence electrons. The van der Waals surface area contributed by atoms with E-state index in [4.69, 9.17) is 4.74 Å². The number of rotatable bonds is 10. The van der Waals surface area contributed by atoms with E-state index in [1.165, 1.54) is 6.92 Å². The highest BCUT2D eigenvalue weighted by molar-refractivity contribution is 5.98. The minimum Gasteiger partial charge on any atom is -0.496 e. The smallest absolute Gasteiger partial charge is 0.224 e. The lowest BCUT2D eigenvalue weighted by atomic mass is 9.84. The summed E-state index contributed by atoms with van der Waals surface area (Å²) < 4.78 is 5.56. The Balaban J connectivity index is 2.35. The number of benzene rings is 2. The van der Waals surface area contributed by atoms with E-state index in [-0.39, 0.29) is 23.0 Å². The Hall–Kier alpha value is -3.13. The topological polar surface area (TPSA) is 79.2 Å².